The highest BCUT2D eigenvalue weighted by molar-refractivity contribution is 5.94. The molecular weight excluding hydrogens is 158 g/mol. The number of nitriles is 1. The molecule has 0 aliphatic heterocycles. The smallest absolute Gasteiger partial charge is 0.313 e. The normalized spacial score (nSPS) is 8.67. The molecule has 0 fully saturated rings. The average Bonchev–Trinajstić information content (AvgIpc) is 1.97. The Morgan fingerprint density at radius 3 is 2.67 bits per heavy atom. The first kappa shape index (κ1) is 10.6. The van der Waals surface area contributed by atoms with Crippen molar-refractivity contribution < 1.29 is 14.3 Å². The van der Waals surface area contributed by atoms with Gasteiger partial charge in [-0.05, 0) is 13.3 Å². The molecule has 0 aromatic rings. The van der Waals surface area contributed by atoms with Gasteiger partial charge in [-0.2, -0.15) is 5.26 Å². The summed E-state index contributed by atoms with van der Waals surface area (Å²) in [4.78, 5) is 21.1. The number of Topliss-reactive ketones (excluding diaryl/α,β-unsaturated/α-hetero) is 1. The van der Waals surface area contributed by atoms with E-state index in [1.54, 1.807) is 0 Å². The van der Waals surface area contributed by atoms with Crippen molar-refractivity contribution in [2.24, 2.45) is 0 Å². The van der Waals surface area contributed by atoms with Crippen molar-refractivity contribution in [1.29, 1.82) is 5.26 Å². The Bertz CT molecular complexity index is 205. The number of carbonyl (C=O) groups is 2. The summed E-state index contributed by atoms with van der Waals surface area (Å²) in [6.45, 7) is 1.55. The molecule has 0 saturated heterocycles. The maximum Gasteiger partial charge on any atom is 0.313 e. The van der Waals surface area contributed by atoms with Gasteiger partial charge in [-0.3, -0.25) is 9.59 Å². The molecule has 0 aromatic carbocycles. The van der Waals surface area contributed by atoms with Crippen molar-refractivity contribution in [1.82, 2.24) is 0 Å². The lowest BCUT2D eigenvalue weighted by molar-refractivity contribution is -0.145. The number of ketones is 1. The van der Waals surface area contributed by atoms with Gasteiger partial charge in [-0.25, -0.2) is 0 Å². The predicted molar refractivity (Wildman–Crippen MR) is 41.1 cm³/mol. The number of ether oxygens (including phenoxy) is 1. The zero-order valence-corrected chi connectivity index (χ0v) is 7.00. The molecule has 0 atom stereocenters. The first-order chi connectivity index (χ1) is 5.66. The number of rotatable bonds is 5. The largest absolute Gasteiger partial charge is 0.465 e. The Kier molecular flexibility index (Phi) is 5.62. The molecule has 0 unspecified atom stereocenters. The van der Waals surface area contributed by atoms with Crippen molar-refractivity contribution in [2.45, 2.75) is 26.2 Å². The maximum absolute atomic E-state index is 10.7. The lowest BCUT2D eigenvalue weighted by Gasteiger charge is -1.99. The van der Waals surface area contributed by atoms with Crippen LogP contribution in [0.25, 0.3) is 0 Å². The van der Waals surface area contributed by atoms with Crippen molar-refractivity contribution in [3.8, 4) is 6.07 Å². The van der Waals surface area contributed by atoms with E-state index >= 15 is 0 Å². The summed E-state index contributed by atoms with van der Waals surface area (Å²) in [6.07, 6.45) is 0.722. The van der Waals surface area contributed by atoms with Crippen molar-refractivity contribution in [3.63, 3.8) is 0 Å². The molecule has 0 aliphatic rings. The second kappa shape index (κ2) is 6.35. The summed E-state index contributed by atoms with van der Waals surface area (Å²) >= 11 is 0. The van der Waals surface area contributed by atoms with E-state index in [4.69, 9.17) is 5.26 Å². The molecular formula is C8H11NO3. The number of unbranched alkanes of at least 4 members (excludes halogenated alkanes) is 1. The van der Waals surface area contributed by atoms with Gasteiger partial charge in [0.1, 0.15) is 12.2 Å². The van der Waals surface area contributed by atoms with Crippen molar-refractivity contribution >= 4 is 11.8 Å². The van der Waals surface area contributed by atoms with E-state index in [0.29, 0.717) is 12.8 Å². The lowest BCUT2D eigenvalue weighted by Crippen LogP contribution is -2.09. The van der Waals surface area contributed by atoms with Crippen LogP contribution in [0.15, 0.2) is 0 Å². The Hall–Kier alpha value is -1.37. The first-order valence-corrected chi connectivity index (χ1v) is 3.69. The standard InChI is InChI=1S/C8H11NO3/c1-7(10)6-8(11)12-5-3-2-4-9/h2-3,5-6H2,1H3. The molecule has 0 saturated carbocycles. The number of esters is 1. The summed E-state index contributed by atoms with van der Waals surface area (Å²) in [5, 5.41) is 8.13. The molecule has 0 aromatic heterocycles. The summed E-state index contributed by atoms with van der Waals surface area (Å²) in [6, 6.07) is 1.92. The van der Waals surface area contributed by atoms with Gasteiger partial charge in [0.25, 0.3) is 0 Å². The minimum absolute atomic E-state index is 0.174. The number of hydrogen-bond acceptors (Lipinski definition) is 4. The highest BCUT2D eigenvalue weighted by atomic mass is 16.5. The zero-order valence-electron chi connectivity index (χ0n) is 7.00. The van der Waals surface area contributed by atoms with Gasteiger partial charge in [0, 0.05) is 6.42 Å². The van der Waals surface area contributed by atoms with Gasteiger partial charge in [-0.1, -0.05) is 0 Å². The maximum atomic E-state index is 10.7. The van der Waals surface area contributed by atoms with Crippen LogP contribution < -0.4 is 0 Å². The summed E-state index contributed by atoms with van der Waals surface area (Å²) in [5.41, 5.74) is 0. The van der Waals surface area contributed by atoms with Crippen LogP contribution >= 0.6 is 0 Å². The fraction of sp³-hybridized carbons (Fsp3) is 0.625. The topological polar surface area (TPSA) is 67.2 Å². The second-order valence-corrected chi connectivity index (χ2v) is 2.36. The summed E-state index contributed by atoms with van der Waals surface area (Å²) < 4.78 is 4.64. The molecule has 12 heavy (non-hydrogen) atoms. The van der Waals surface area contributed by atoms with Gasteiger partial charge < -0.3 is 4.74 Å². The minimum Gasteiger partial charge on any atom is -0.465 e. The average molecular weight is 169 g/mol. The quantitative estimate of drug-likeness (QED) is 0.347. The molecule has 0 heterocycles. The van der Waals surface area contributed by atoms with Crippen LogP contribution in [-0.4, -0.2) is 18.4 Å². The van der Waals surface area contributed by atoms with E-state index in [2.05, 4.69) is 4.74 Å². The van der Waals surface area contributed by atoms with E-state index in [9.17, 15) is 9.59 Å². The van der Waals surface area contributed by atoms with E-state index in [0.717, 1.165) is 0 Å². The van der Waals surface area contributed by atoms with Gasteiger partial charge in [-0.15, -0.1) is 0 Å². The highest BCUT2D eigenvalue weighted by Crippen LogP contribution is 1.92. The molecule has 0 rings (SSSR count). The van der Waals surface area contributed by atoms with Gasteiger partial charge in [0.2, 0.25) is 0 Å². The van der Waals surface area contributed by atoms with Crippen LogP contribution in [0.1, 0.15) is 26.2 Å². The Labute approximate surface area is 71.1 Å². The van der Waals surface area contributed by atoms with Crippen LogP contribution in [-0.2, 0) is 14.3 Å². The lowest BCUT2D eigenvalue weighted by atomic mass is 10.3. The highest BCUT2D eigenvalue weighted by Gasteiger charge is 2.04. The predicted octanol–water partition coefficient (Wildman–Crippen LogP) is 0.812. The first-order valence-electron chi connectivity index (χ1n) is 3.69. The van der Waals surface area contributed by atoms with Crippen LogP contribution in [0.2, 0.25) is 0 Å². The molecule has 0 bridgehead atoms. The monoisotopic (exact) mass is 169 g/mol. The van der Waals surface area contributed by atoms with E-state index in [-0.39, 0.29) is 18.8 Å². The Balaban J connectivity index is 3.33. The zero-order chi connectivity index (χ0) is 9.40. The van der Waals surface area contributed by atoms with Crippen molar-refractivity contribution in [3.05, 3.63) is 0 Å². The van der Waals surface area contributed by atoms with Crippen LogP contribution in [0, 0.1) is 11.3 Å². The van der Waals surface area contributed by atoms with E-state index < -0.39 is 5.97 Å². The number of nitrogens with zero attached hydrogens (tertiary/aromatic N) is 1. The second-order valence-electron chi connectivity index (χ2n) is 2.36. The van der Waals surface area contributed by atoms with Crippen LogP contribution in [0.5, 0.6) is 0 Å². The van der Waals surface area contributed by atoms with Crippen molar-refractivity contribution in [2.75, 3.05) is 6.61 Å². The third-order valence-electron chi connectivity index (χ3n) is 1.09. The molecule has 0 N–H and O–H groups in total. The Morgan fingerprint density at radius 2 is 2.17 bits per heavy atom. The van der Waals surface area contributed by atoms with E-state index in [1.165, 1.54) is 6.92 Å². The summed E-state index contributed by atoms with van der Waals surface area (Å²) in [5.74, 6) is -0.722. The SMILES string of the molecule is CC(=O)CC(=O)OCCCC#N. The molecule has 4 nitrogen and oxygen atoms in total. The Morgan fingerprint density at radius 1 is 1.50 bits per heavy atom. The third kappa shape index (κ3) is 6.75. The van der Waals surface area contributed by atoms with Gasteiger partial charge in [0.15, 0.2) is 0 Å². The molecule has 66 valence electrons. The van der Waals surface area contributed by atoms with Gasteiger partial charge in [0.05, 0.1) is 12.7 Å². The van der Waals surface area contributed by atoms with Crippen LogP contribution in [0.3, 0.4) is 0 Å². The van der Waals surface area contributed by atoms with Gasteiger partial charge >= 0.3 is 5.97 Å². The van der Waals surface area contributed by atoms with E-state index in [1.807, 2.05) is 6.07 Å². The molecule has 4 heteroatoms. The summed E-state index contributed by atoms with van der Waals surface area (Å²) in [7, 11) is 0. The fourth-order valence-electron chi connectivity index (χ4n) is 0.592. The molecule has 0 spiro atoms. The molecule has 0 aliphatic carbocycles. The molecule has 0 radical (unpaired) electrons. The minimum atomic E-state index is -0.513. The number of carbonyl (C=O) groups excluding carboxylic acids is 2. The fourth-order valence-corrected chi connectivity index (χ4v) is 0.592. The van der Waals surface area contributed by atoms with Crippen LogP contribution in [0.4, 0.5) is 0 Å². The number of hydrogen-bond donors (Lipinski definition) is 0. The molecule has 0 amide bonds. The third-order valence-corrected chi connectivity index (χ3v) is 1.09.